The predicted molar refractivity (Wildman–Crippen MR) is 88.2 cm³/mol. The van der Waals surface area contributed by atoms with E-state index in [1.807, 2.05) is 6.92 Å². The molecule has 3 rings (SSSR count). The minimum absolute atomic E-state index is 0.0503. The van der Waals surface area contributed by atoms with Gasteiger partial charge in [0.25, 0.3) is 0 Å². The van der Waals surface area contributed by atoms with Crippen molar-refractivity contribution in [3.05, 3.63) is 52.6 Å². The number of ether oxygens (including phenoxy) is 1. The summed E-state index contributed by atoms with van der Waals surface area (Å²) in [5, 5.41) is 9.05. The van der Waals surface area contributed by atoms with E-state index in [0.717, 1.165) is 11.8 Å². The zero-order valence-electron chi connectivity index (χ0n) is 13.3. The lowest BCUT2D eigenvalue weighted by Crippen LogP contribution is -2.06. The first-order chi connectivity index (χ1) is 11.3. The summed E-state index contributed by atoms with van der Waals surface area (Å²) in [6, 6.07) is 10.2. The summed E-state index contributed by atoms with van der Waals surface area (Å²) in [5.74, 6) is 0.760. The molecule has 24 heavy (non-hydrogen) atoms. The van der Waals surface area contributed by atoms with Gasteiger partial charge in [-0.25, -0.2) is 8.42 Å². The van der Waals surface area contributed by atoms with E-state index in [0.29, 0.717) is 29.0 Å². The number of rotatable bonds is 3. The smallest absolute Gasteiger partial charge is 0.176 e. The summed E-state index contributed by atoms with van der Waals surface area (Å²) >= 11 is 0. The molecule has 0 radical (unpaired) electrons. The lowest BCUT2D eigenvalue weighted by molar-refractivity contribution is 0.0991. The van der Waals surface area contributed by atoms with Crippen LogP contribution in [0.15, 0.2) is 35.2 Å². The average Bonchev–Trinajstić information content (AvgIpc) is 2.88. The molecular formula is C18H15NO4S. The summed E-state index contributed by atoms with van der Waals surface area (Å²) in [6.45, 7) is 1.86. The Labute approximate surface area is 140 Å². The van der Waals surface area contributed by atoms with Crippen molar-refractivity contribution in [1.29, 1.82) is 5.26 Å². The third-order valence-electron chi connectivity index (χ3n) is 3.92. The van der Waals surface area contributed by atoms with Gasteiger partial charge in [0, 0.05) is 23.8 Å². The van der Waals surface area contributed by atoms with Gasteiger partial charge < -0.3 is 4.74 Å². The van der Waals surface area contributed by atoms with E-state index in [2.05, 4.69) is 6.07 Å². The lowest BCUT2D eigenvalue weighted by Gasteiger charge is -2.13. The van der Waals surface area contributed by atoms with Crippen molar-refractivity contribution in [3.63, 3.8) is 0 Å². The van der Waals surface area contributed by atoms with Crippen LogP contribution >= 0.6 is 0 Å². The van der Waals surface area contributed by atoms with Crippen LogP contribution in [0.2, 0.25) is 0 Å². The molecule has 0 bridgehead atoms. The highest BCUT2D eigenvalue weighted by Gasteiger charge is 2.30. The Balaban J connectivity index is 2.10. The first kappa shape index (κ1) is 16.2. The SMILES string of the molecule is Cc1cc(C#N)cc(Oc2ccc(S(C)(=O)=O)c3c2CCC3=O)c1. The molecule has 0 heterocycles. The molecule has 5 nitrogen and oxygen atoms in total. The van der Waals surface area contributed by atoms with Crippen LogP contribution in [-0.2, 0) is 16.3 Å². The highest BCUT2D eigenvalue weighted by Crippen LogP contribution is 2.37. The van der Waals surface area contributed by atoms with Crippen LogP contribution in [0.25, 0.3) is 0 Å². The molecular weight excluding hydrogens is 326 g/mol. The summed E-state index contributed by atoms with van der Waals surface area (Å²) in [6.07, 6.45) is 1.81. The van der Waals surface area contributed by atoms with Crippen molar-refractivity contribution in [2.75, 3.05) is 6.26 Å². The van der Waals surface area contributed by atoms with Crippen LogP contribution in [0, 0.1) is 18.3 Å². The maximum Gasteiger partial charge on any atom is 0.176 e. The number of aryl methyl sites for hydroxylation is 1. The van der Waals surface area contributed by atoms with E-state index in [1.54, 1.807) is 24.3 Å². The summed E-state index contributed by atoms with van der Waals surface area (Å²) in [4.78, 5) is 12.2. The van der Waals surface area contributed by atoms with Gasteiger partial charge in [-0.1, -0.05) is 0 Å². The third-order valence-corrected chi connectivity index (χ3v) is 5.06. The standard InChI is InChI=1S/C18H15NO4S/c1-11-7-12(10-19)9-13(8-11)23-16-5-6-17(24(2,21)22)18-14(16)3-4-15(18)20/h5-9H,3-4H2,1-2H3. The Hall–Kier alpha value is -2.65. The largest absolute Gasteiger partial charge is 0.457 e. The molecule has 6 heteroatoms. The number of benzene rings is 2. The van der Waals surface area contributed by atoms with E-state index in [9.17, 15) is 13.2 Å². The molecule has 0 saturated heterocycles. The minimum Gasteiger partial charge on any atom is -0.457 e. The number of nitriles is 1. The number of hydrogen-bond donors (Lipinski definition) is 0. The number of carbonyl (C=O) groups is 1. The Morgan fingerprint density at radius 2 is 1.92 bits per heavy atom. The van der Waals surface area contributed by atoms with Crippen LogP contribution in [0.5, 0.6) is 11.5 Å². The van der Waals surface area contributed by atoms with Crippen molar-refractivity contribution < 1.29 is 17.9 Å². The molecule has 0 aromatic heterocycles. The number of Topliss-reactive ketones (excluding diaryl/α,β-unsaturated/α-hetero) is 1. The highest BCUT2D eigenvalue weighted by atomic mass is 32.2. The monoisotopic (exact) mass is 341 g/mol. The topological polar surface area (TPSA) is 84.2 Å². The summed E-state index contributed by atoms with van der Waals surface area (Å²) in [7, 11) is -3.49. The first-order valence-electron chi connectivity index (χ1n) is 7.38. The van der Waals surface area contributed by atoms with Crippen molar-refractivity contribution in [2.45, 2.75) is 24.7 Å². The molecule has 1 aliphatic carbocycles. The van der Waals surface area contributed by atoms with Crippen molar-refractivity contribution in [1.82, 2.24) is 0 Å². The second-order valence-corrected chi connectivity index (χ2v) is 7.84. The Kier molecular flexibility index (Phi) is 3.90. The zero-order chi connectivity index (χ0) is 17.5. The zero-order valence-corrected chi connectivity index (χ0v) is 14.1. The maximum absolute atomic E-state index is 12.1. The molecule has 0 spiro atoms. The van der Waals surface area contributed by atoms with Gasteiger partial charge in [0.05, 0.1) is 16.5 Å². The Morgan fingerprint density at radius 3 is 2.58 bits per heavy atom. The second-order valence-electron chi connectivity index (χ2n) is 5.86. The number of nitrogens with zero attached hydrogens (tertiary/aromatic N) is 1. The molecule has 2 aromatic carbocycles. The van der Waals surface area contributed by atoms with Crippen LogP contribution in [0.1, 0.15) is 33.5 Å². The first-order valence-corrected chi connectivity index (χ1v) is 9.27. The number of sulfone groups is 1. The van der Waals surface area contributed by atoms with Gasteiger partial charge in [-0.15, -0.1) is 0 Å². The molecule has 0 saturated carbocycles. The quantitative estimate of drug-likeness (QED) is 0.856. The molecule has 0 unspecified atom stereocenters. The van der Waals surface area contributed by atoms with Gasteiger partial charge in [-0.05, 0) is 49.2 Å². The molecule has 0 aliphatic heterocycles. The summed E-state index contributed by atoms with van der Waals surface area (Å²) < 4.78 is 29.7. The number of hydrogen-bond acceptors (Lipinski definition) is 5. The van der Waals surface area contributed by atoms with Gasteiger partial charge in [0.2, 0.25) is 0 Å². The van der Waals surface area contributed by atoms with E-state index >= 15 is 0 Å². The fourth-order valence-electron chi connectivity index (χ4n) is 2.93. The minimum atomic E-state index is -3.49. The molecule has 0 amide bonds. The second kappa shape index (κ2) is 5.77. The third kappa shape index (κ3) is 2.91. The van der Waals surface area contributed by atoms with Crippen LogP contribution in [0.3, 0.4) is 0 Å². The Bertz CT molecular complexity index is 1000. The van der Waals surface area contributed by atoms with E-state index in [-0.39, 0.29) is 22.7 Å². The molecule has 0 atom stereocenters. The molecule has 0 fully saturated rings. The molecule has 2 aromatic rings. The van der Waals surface area contributed by atoms with E-state index in [1.165, 1.54) is 6.07 Å². The van der Waals surface area contributed by atoms with Crippen molar-refractivity contribution >= 4 is 15.6 Å². The van der Waals surface area contributed by atoms with Crippen LogP contribution < -0.4 is 4.74 Å². The van der Waals surface area contributed by atoms with E-state index in [4.69, 9.17) is 10.00 Å². The van der Waals surface area contributed by atoms with Gasteiger partial charge in [0.1, 0.15) is 11.5 Å². The van der Waals surface area contributed by atoms with Crippen LogP contribution in [0.4, 0.5) is 0 Å². The predicted octanol–water partition coefficient (Wildman–Crippen LogP) is 3.19. The molecule has 0 N–H and O–H groups in total. The Morgan fingerprint density at radius 1 is 1.17 bits per heavy atom. The van der Waals surface area contributed by atoms with Gasteiger partial charge in [0.15, 0.2) is 15.6 Å². The van der Waals surface area contributed by atoms with Crippen LogP contribution in [-0.4, -0.2) is 20.5 Å². The number of carbonyl (C=O) groups excluding carboxylic acids is 1. The fraction of sp³-hybridized carbons (Fsp3) is 0.222. The van der Waals surface area contributed by atoms with Crippen molar-refractivity contribution in [3.8, 4) is 17.6 Å². The maximum atomic E-state index is 12.1. The summed E-state index contributed by atoms with van der Waals surface area (Å²) in [5.41, 5.74) is 2.21. The molecule has 1 aliphatic rings. The van der Waals surface area contributed by atoms with E-state index < -0.39 is 9.84 Å². The number of fused-ring (bicyclic) bond motifs is 1. The fourth-order valence-corrected chi connectivity index (χ4v) is 3.85. The lowest BCUT2D eigenvalue weighted by atomic mass is 10.1. The van der Waals surface area contributed by atoms with Crippen molar-refractivity contribution in [2.24, 2.45) is 0 Å². The van der Waals surface area contributed by atoms with Gasteiger partial charge >= 0.3 is 0 Å². The normalized spacial score (nSPS) is 13.5. The van der Waals surface area contributed by atoms with Gasteiger partial charge in [-0.3, -0.25) is 4.79 Å². The average molecular weight is 341 g/mol. The molecule has 122 valence electrons. The van der Waals surface area contributed by atoms with Gasteiger partial charge in [-0.2, -0.15) is 5.26 Å². The number of ketones is 1. The highest BCUT2D eigenvalue weighted by molar-refractivity contribution is 7.90.